The molecular weight excluding hydrogens is 408 g/mol. The number of carbonyl (C=O) groups is 2. The van der Waals surface area contributed by atoms with Gasteiger partial charge in [-0.05, 0) is 43.6 Å². The minimum absolute atomic E-state index is 0.119. The Morgan fingerprint density at radius 3 is 2.69 bits per heavy atom. The maximum atomic E-state index is 13.3. The van der Waals surface area contributed by atoms with E-state index in [-0.39, 0.29) is 18.2 Å². The molecule has 2 aliphatic rings. The fourth-order valence-corrected chi connectivity index (χ4v) is 5.00. The molecule has 3 N–H and O–H groups in total. The third-order valence-corrected chi connectivity index (χ3v) is 6.89. The zero-order valence-electron chi connectivity index (χ0n) is 16.4. The van der Waals surface area contributed by atoms with Crippen LogP contribution in [-0.4, -0.2) is 28.4 Å². The number of thioether (sulfide) groups is 1. The van der Waals surface area contributed by atoms with Gasteiger partial charge in [-0.2, -0.15) is 0 Å². The van der Waals surface area contributed by atoms with Crippen LogP contribution in [-0.2, 0) is 9.59 Å². The van der Waals surface area contributed by atoms with Crippen LogP contribution in [0.25, 0.3) is 5.70 Å². The highest BCUT2D eigenvalue weighted by Gasteiger charge is 2.42. The highest BCUT2D eigenvalue weighted by molar-refractivity contribution is 8.05. The first-order chi connectivity index (χ1) is 13.9. The molecule has 29 heavy (non-hydrogen) atoms. The molecule has 7 heteroatoms. The van der Waals surface area contributed by atoms with Crippen molar-refractivity contribution in [2.75, 3.05) is 6.54 Å². The molecule has 2 fully saturated rings. The first-order valence-electron chi connectivity index (χ1n) is 9.97. The van der Waals surface area contributed by atoms with Crippen molar-refractivity contribution in [1.29, 1.82) is 0 Å². The van der Waals surface area contributed by atoms with Crippen LogP contribution in [0.3, 0.4) is 0 Å². The Kier molecular flexibility index (Phi) is 7.30. The number of benzene rings is 1. The molecule has 1 aromatic rings. The minimum atomic E-state index is -0.921. The monoisotopic (exact) mass is 434 g/mol. The van der Waals surface area contributed by atoms with Crippen molar-refractivity contribution in [2.45, 2.75) is 38.5 Å². The first-order valence-corrected chi connectivity index (χ1v) is 11.2. The van der Waals surface area contributed by atoms with Gasteiger partial charge in [0.1, 0.15) is 0 Å². The highest BCUT2D eigenvalue weighted by atomic mass is 35.5. The Bertz CT molecular complexity index is 822. The first kappa shape index (κ1) is 21.8. The van der Waals surface area contributed by atoms with Crippen molar-refractivity contribution in [2.24, 2.45) is 23.5 Å². The van der Waals surface area contributed by atoms with Crippen molar-refractivity contribution < 1.29 is 14.7 Å². The van der Waals surface area contributed by atoms with E-state index in [0.717, 1.165) is 37.7 Å². The lowest BCUT2D eigenvalue weighted by Crippen LogP contribution is -2.41. The van der Waals surface area contributed by atoms with E-state index in [4.69, 9.17) is 17.3 Å². The third-order valence-electron chi connectivity index (χ3n) is 5.70. The van der Waals surface area contributed by atoms with Gasteiger partial charge in [-0.15, -0.1) is 0 Å². The SMILES string of the molecule is C=C(S/C=C(\N)c1ccccc1Cl)N1CCCC[C@H](C2CC2)[C@H](CC(=O)O)C1=O. The average Bonchev–Trinajstić information content (AvgIpc) is 3.51. The zero-order valence-corrected chi connectivity index (χ0v) is 17.9. The lowest BCUT2D eigenvalue weighted by atomic mass is 9.80. The van der Waals surface area contributed by atoms with E-state index in [1.807, 2.05) is 18.2 Å². The topological polar surface area (TPSA) is 83.6 Å². The predicted molar refractivity (Wildman–Crippen MR) is 118 cm³/mol. The van der Waals surface area contributed by atoms with Crippen LogP contribution < -0.4 is 5.73 Å². The summed E-state index contributed by atoms with van der Waals surface area (Å²) in [6.07, 6.45) is 4.89. The number of halogens is 1. The lowest BCUT2D eigenvalue weighted by Gasteiger charge is -2.34. The standard InChI is InChI=1S/C22H27ClN2O3S/c1-14(29-13-20(24)17-7-2-3-8-19(17)23)25-11-5-4-6-16(15-9-10-15)18(22(25)28)12-21(26)27/h2-3,7-8,13,15-16,18H,1,4-6,9-12,24H2,(H,26,27)/b20-13-/t16-,18+/m1/s1. The number of hydrogen-bond donors (Lipinski definition) is 2. The molecule has 156 valence electrons. The number of rotatable bonds is 7. The molecule has 1 aliphatic heterocycles. The quantitative estimate of drug-likeness (QED) is 0.635. The van der Waals surface area contributed by atoms with Crippen LogP contribution in [0.5, 0.6) is 0 Å². The van der Waals surface area contributed by atoms with Gasteiger partial charge in [0.2, 0.25) is 5.91 Å². The van der Waals surface area contributed by atoms with Gasteiger partial charge in [-0.3, -0.25) is 9.59 Å². The van der Waals surface area contributed by atoms with E-state index in [9.17, 15) is 14.7 Å². The molecule has 3 rings (SSSR count). The zero-order chi connectivity index (χ0) is 21.0. The van der Waals surface area contributed by atoms with Gasteiger partial charge in [-0.1, -0.05) is 54.6 Å². The molecule has 0 spiro atoms. The van der Waals surface area contributed by atoms with Crippen molar-refractivity contribution >= 4 is 40.9 Å². The number of amides is 1. The van der Waals surface area contributed by atoms with Crippen LogP contribution in [0.2, 0.25) is 5.02 Å². The number of likely N-dealkylation sites (tertiary alicyclic amines) is 1. The molecule has 0 radical (unpaired) electrons. The van der Waals surface area contributed by atoms with Crippen molar-refractivity contribution in [3.05, 3.63) is 51.9 Å². The minimum Gasteiger partial charge on any atom is -0.481 e. The number of carboxylic acids is 1. The summed E-state index contributed by atoms with van der Waals surface area (Å²) < 4.78 is 0. The van der Waals surface area contributed by atoms with Crippen LogP contribution in [0.1, 0.15) is 44.1 Å². The third kappa shape index (κ3) is 5.58. The van der Waals surface area contributed by atoms with Gasteiger partial charge in [0, 0.05) is 28.2 Å². The summed E-state index contributed by atoms with van der Waals surface area (Å²) in [5, 5.41) is 12.2. The van der Waals surface area contributed by atoms with E-state index < -0.39 is 11.9 Å². The van der Waals surface area contributed by atoms with Gasteiger partial charge >= 0.3 is 5.97 Å². The fraction of sp³-hybridized carbons (Fsp3) is 0.455. The summed E-state index contributed by atoms with van der Waals surface area (Å²) in [7, 11) is 0. The summed E-state index contributed by atoms with van der Waals surface area (Å²) in [6.45, 7) is 4.63. The highest BCUT2D eigenvalue weighted by Crippen LogP contribution is 2.46. The van der Waals surface area contributed by atoms with Crippen molar-refractivity contribution in [3.63, 3.8) is 0 Å². The van der Waals surface area contributed by atoms with Crippen molar-refractivity contribution in [3.8, 4) is 0 Å². The van der Waals surface area contributed by atoms with Crippen LogP contribution in [0.15, 0.2) is 41.3 Å². The molecule has 1 amide bonds. The Hall–Kier alpha value is -1.92. The van der Waals surface area contributed by atoms with Crippen molar-refractivity contribution in [1.82, 2.24) is 4.90 Å². The van der Waals surface area contributed by atoms with E-state index >= 15 is 0 Å². The summed E-state index contributed by atoms with van der Waals surface area (Å²) in [5.74, 6) is -0.882. The molecule has 2 atom stereocenters. The number of aliphatic carboxylic acids is 1. The Balaban J connectivity index is 1.75. The number of nitrogens with zero attached hydrogens (tertiary/aromatic N) is 1. The molecule has 0 aromatic heterocycles. The van der Waals surface area contributed by atoms with Gasteiger partial charge < -0.3 is 15.7 Å². The molecule has 1 heterocycles. The summed E-state index contributed by atoms with van der Waals surface area (Å²) in [5.41, 5.74) is 7.39. The van der Waals surface area contributed by atoms with Gasteiger partial charge in [0.15, 0.2) is 0 Å². The van der Waals surface area contributed by atoms with Gasteiger partial charge in [0.05, 0.1) is 17.4 Å². The molecule has 0 bridgehead atoms. The number of carbonyl (C=O) groups excluding carboxylic acids is 1. The Morgan fingerprint density at radius 2 is 2.03 bits per heavy atom. The second-order valence-corrected chi connectivity index (χ2v) is 9.11. The molecular formula is C22H27ClN2O3S. The van der Waals surface area contributed by atoms with Crippen LogP contribution in [0.4, 0.5) is 0 Å². The number of carboxylic acid groups (broad SMARTS) is 1. The molecule has 1 saturated carbocycles. The maximum absolute atomic E-state index is 13.3. The Morgan fingerprint density at radius 1 is 1.31 bits per heavy atom. The Labute approximate surface area is 181 Å². The van der Waals surface area contributed by atoms with Gasteiger partial charge in [-0.25, -0.2) is 0 Å². The van der Waals surface area contributed by atoms with Gasteiger partial charge in [0.25, 0.3) is 0 Å². The summed E-state index contributed by atoms with van der Waals surface area (Å²) in [4.78, 5) is 26.4. The lowest BCUT2D eigenvalue weighted by molar-refractivity contribution is -0.146. The van der Waals surface area contributed by atoms with E-state index in [0.29, 0.717) is 28.2 Å². The molecule has 1 saturated heterocycles. The normalized spacial score (nSPS) is 23.4. The van der Waals surface area contributed by atoms with E-state index in [2.05, 4.69) is 6.58 Å². The maximum Gasteiger partial charge on any atom is 0.304 e. The average molecular weight is 435 g/mol. The summed E-state index contributed by atoms with van der Waals surface area (Å²) >= 11 is 7.47. The smallest absolute Gasteiger partial charge is 0.304 e. The fourth-order valence-electron chi connectivity index (χ4n) is 4.06. The second-order valence-electron chi connectivity index (χ2n) is 7.76. The van der Waals surface area contributed by atoms with Crippen LogP contribution >= 0.6 is 23.4 Å². The molecule has 1 aliphatic carbocycles. The summed E-state index contributed by atoms with van der Waals surface area (Å²) in [6, 6.07) is 7.30. The second kappa shape index (κ2) is 9.72. The molecule has 5 nitrogen and oxygen atoms in total. The van der Waals surface area contributed by atoms with E-state index in [1.165, 1.54) is 11.8 Å². The number of hydrogen-bond acceptors (Lipinski definition) is 4. The molecule has 0 unspecified atom stereocenters. The molecule has 1 aromatic carbocycles. The predicted octanol–water partition coefficient (Wildman–Crippen LogP) is 4.93. The largest absolute Gasteiger partial charge is 0.481 e. The van der Waals surface area contributed by atoms with Crippen LogP contribution in [0, 0.1) is 17.8 Å². The number of nitrogens with two attached hydrogens (primary N) is 1. The van der Waals surface area contributed by atoms with E-state index in [1.54, 1.807) is 16.4 Å².